The minimum Gasteiger partial charge on any atom is -0.497 e. The fourth-order valence-corrected chi connectivity index (χ4v) is 3.96. The number of hydrogen-bond donors (Lipinski definition) is 2. The largest absolute Gasteiger partial charge is 0.497 e. The molecule has 1 aliphatic heterocycles. The molecule has 0 aliphatic carbocycles. The van der Waals surface area contributed by atoms with Gasteiger partial charge in [0.15, 0.2) is 5.82 Å². The molecule has 4 rings (SSSR count). The molecule has 8 nitrogen and oxygen atoms in total. The monoisotopic (exact) mass is 445 g/mol. The van der Waals surface area contributed by atoms with E-state index in [1.54, 1.807) is 26.5 Å². The number of allylic oxidation sites excluding steroid dienone is 1. The van der Waals surface area contributed by atoms with Crippen LogP contribution in [-0.2, 0) is 4.79 Å². The number of benzene rings is 1. The second-order valence-corrected chi connectivity index (χ2v) is 7.87. The Morgan fingerprint density at radius 3 is 2.52 bits per heavy atom. The van der Waals surface area contributed by atoms with Crippen LogP contribution in [0.3, 0.4) is 0 Å². The Kier molecular flexibility index (Phi) is 6.91. The minimum absolute atomic E-state index is 0.319. The van der Waals surface area contributed by atoms with Gasteiger partial charge in [0.25, 0.3) is 0 Å². The molecule has 1 saturated heterocycles. The van der Waals surface area contributed by atoms with Crippen LogP contribution in [-0.4, -0.2) is 60.0 Å². The van der Waals surface area contributed by atoms with Crippen LogP contribution in [0, 0.1) is 11.8 Å². The first-order valence-electron chi connectivity index (χ1n) is 10.9. The second-order valence-electron chi connectivity index (χ2n) is 7.87. The zero-order valence-electron chi connectivity index (χ0n) is 18.9. The molecule has 0 saturated carbocycles. The van der Waals surface area contributed by atoms with Crippen molar-refractivity contribution in [3.63, 3.8) is 0 Å². The molecule has 0 atom stereocenters. The predicted molar refractivity (Wildman–Crippen MR) is 128 cm³/mol. The van der Waals surface area contributed by atoms with Gasteiger partial charge in [0.05, 0.1) is 25.2 Å². The van der Waals surface area contributed by atoms with Gasteiger partial charge in [-0.05, 0) is 44.1 Å². The van der Waals surface area contributed by atoms with Crippen LogP contribution in [0.5, 0.6) is 11.5 Å². The van der Waals surface area contributed by atoms with Crippen LogP contribution >= 0.6 is 0 Å². The number of ether oxygens (including phenoxy) is 2. The van der Waals surface area contributed by atoms with E-state index in [1.165, 1.54) is 12.5 Å². The molecule has 0 spiro atoms. The summed E-state index contributed by atoms with van der Waals surface area (Å²) in [5.74, 6) is 8.35. The number of nitrogens with two attached hydrogens (primary N) is 1. The highest BCUT2D eigenvalue weighted by Crippen LogP contribution is 2.25. The van der Waals surface area contributed by atoms with Crippen molar-refractivity contribution in [1.29, 1.82) is 0 Å². The zero-order valence-corrected chi connectivity index (χ0v) is 18.9. The summed E-state index contributed by atoms with van der Waals surface area (Å²) in [6.07, 6.45) is 7.62. The van der Waals surface area contributed by atoms with Crippen molar-refractivity contribution in [2.45, 2.75) is 19.3 Å². The van der Waals surface area contributed by atoms with Crippen LogP contribution in [0.1, 0.15) is 36.2 Å². The van der Waals surface area contributed by atoms with Gasteiger partial charge in [0, 0.05) is 29.9 Å². The first-order valence-corrected chi connectivity index (χ1v) is 10.9. The number of carbonyl (C=O) groups is 1. The maximum absolute atomic E-state index is 11.3. The highest BCUT2D eigenvalue weighted by atomic mass is 16.5. The van der Waals surface area contributed by atoms with E-state index in [0.717, 1.165) is 43.4 Å². The summed E-state index contributed by atoms with van der Waals surface area (Å²) >= 11 is 0. The SMILES string of the molecule is COc1cc(C#Cc2c[nH]c3nc(C(=CC=O)CN4CCCCC4)nc(N)c23)cc(OC)c1. The summed E-state index contributed by atoms with van der Waals surface area (Å²) in [7, 11) is 3.19. The van der Waals surface area contributed by atoms with Gasteiger partial charge in [0.1, 0.15) is 29.3 Å². The molecule has 0 unspecified atom stereocenters. The molecule has 3 aromatic rings. The number of aldehydes is 1. The van der Waals surface area contributed by atoms with E-state index in [4.69, 9.17) is 15.2 Å². The lowest BCUT2D eigenvalue weighted by molar-refractivity contribution is -0.104. The Hall–Kier alpha value is -3.83. The number of likely N-dealkylation sites (tertiary alicyclic amines) is 1. The number of aromatic nitrogens is 3. The quantitative estimate of drug-likeness (QED) is 0.341. The van der Waals surface area contributed by atoms with Crippen molar-refractivity contribution in [2.24, 2.45) is 0 Å². The van der Waals surface area contributed by atoms with Gasteiger partial charge in [-0.3, -0.25) is 9.69 Å². The molecule has 8 heteroatoms. The van der Waals surface area contributed by atoms with E-state index < -0.39 is 0 Å². The normalized spacial score (nSPS) is 14.5. The fourth-order valence-electron chi connectivity index (χ4n) is 3.96. The second kappa shape index (κ2) is 10.2. The molecule has 1 fully saturated rings. The summed E-state index contributed by atoms with van der Waals surface area (Å²) in [5.41, 5.74) is 9.09. The van der Waals surface area contributed by atoms with Crippen molar-refractivity contribution < 1.29 is 14.3 Å². The molecule has 0 amide bonds. The smallest absolute Gasteiger partial charge is 0.161 e. The lowest BCUT2D eigenvalue weighted by Crippen LogP contribution is -2.31. The lowest BCUT2D eigenvalue weighted by atomic mass is 10.1. The predicted octanol–water partition coefficient (Wildman–Crippen LogP) is 3.03. The van der Waals surface area contributed by atoms with Gasteiger partial charge in [-0.15, -0.1) is 0 Å². The zero-order chi connectivity index (χ0) is 23.2. The molecule has 3 N–H and O–H groups in total. The number of piperidine rings is 1. The molecule has 3 heterocycles. The number of nitrogen functional groups attached to an aromatic ring is 1. The number of H-pyrrole nitrogens is 1. The number of carbonyl (C=O) groups excluding carboxylic acids is 1. The van der Waals surface area contributed by atoms with E-state index >= 15 is 0 Å². The van der Waals surface area contributed by atoms with Crippen LogP contribution in [0.4, 0.5) is 5.82 Å². The van der Waals surface area contributed by atoms with Crippen molar-refractivity contribution >= 4 is 28.7 Å². The highest BCUT2D eigenvalue weighted by Gasteiger charge is 2.17. The summed E-state index contributed by atoms with van der Waals surface area (Å²) in [6.45, 7) is 2.63. The van der Waals surface area contributed by atoms with Gasteiger partial charge in [-0.25, -0.2) is 9.97 Å². The third-order valence-electron chi connectivity index (χ3n) is 5.65. The van der Waals surface area contributed by atoms with Crippen molar-refractivity contribution in [2.75, 3.05) is 39.6 Å². The number of aromatic amines is 1. The van der Waals surface area contributed by atoms with Gasteiger partial charge < -0.3 is 20.2 Å². The summed E-state index contributed by atoms with van der Waals surface area (Å²) in [5, 5.41) is 0.657. The van der Waals surface area contributed by atoms with Gasteiger partial charge in [-0.2, -0.15) is 0 Å². The standard InChI is InChI=1S/C25H27N5O3/c1-32-20-12-17(13-21(14-20)33-2)6-7-18-15-27-25-22(18)23(26)28-24(29-25)19(8-11-31)16-30-9-4-3-5-10-30/h8,11-15H,3-5,9-10,16H2,1-2H3,(H3,26,27,28,29). The number of fused-ring (bicyclic) bond motifs is 1. The van der Waals surface area contributed by atoms with Crippen molar-refractivity contribution in [3.05, 3.63) is 47.4 Å². The fraction of sp³-hybridized carbons (Fsp3) is 0.320. The Morgan fingerprint density at radius 1 is 1.12 bits per heavy atom. The summed E-state index contributed by atoms with van der Waals surface area (Å²) in [6, 6.07) is 5.46. The number of nitrogens with zero attached hydrogens (tertiary/aromatic N) is 3. The molecular weight excluding hydrogens is 418 g/mol. The third kappa shape index (κ3) is 5.16. The van der Waals surface area contributed by atoms with E-state index in [-0.39, 0.29) is 0 Å². The van der Waals surface area contributed by atoms with E-state index in [9.17, 15) is 4.79 Å². The van der Waals surface area contributed by atoms with Crippen LogP contribution in [0.15, 0.2) is 30.5 Å². The third-order valence-corrected chi connectivity index (χ3v) is 5.65. The molecule has 0 bridgehead atoms. The number of nitrogens with one attached hydrogen (secondary N) is 1. The molecule has 2 aromatic heterocycles. The van der Waals surface area contributed by atoms with Crippen molar-refractivity contribution in [1.82, 2.24) is 19.9 Å². The molecule has 170 valence electrons. The summed E-state index contributed by atoms with van der Waals surface area (Å²) < 4.78 is 10.6. The maximum atomic E-state index is 11.3. The van der Waals surface area contributed by atoms with E-state index in [1.807, 2.05) is 12.1 Å². The highest BCUT2D eigenvalue weighted by molar-refractivity contribution is 5.93. The van der Waals surface area contributed by atoms with Crippen LogP contribution in [0.25, 0.3) is 16.6 Å². The Morgan fingerprint density at radius 2 is 1.85 bits per heavy atom. The Labute approximate surface area is 192 Å². The van der Waals surface area contributed by atoms with Gasteiger partial charge >= 0.3 is 0 Å². The maximum Gasteiger partial charge on any atom is 0.161 e. The topological polar surface area (TPSA) is 106 Å². The number of anilines is 1. The average molecular weight is 446 g/mol. The van der Waals surface area contributed by atoms with Crippen LogP contribution in [0.2, 0.25) is 0 Å². The molecule has 1 aromatic carbocycles. The van der Waals surface area contributed by atoms with Gasteiger partial charge in [0.2, 0.25) is 0 Å². The number of methoxy groups -OCH3 is 2. The molecule has 1 aliphatic rings. The lowest BCUT2D eigenvalue weighted by Gasteiger charge is -2.27. The number of rotatable bonds is 6. The van der Waals surface area contributed by atoms with Crippen LogP contribution < -0.4 is 15.2 Å². The van der Waals surface area contributed by atoms with E-state index in [2.05, 4.69) is 31.7 Å². The van der Waals surface area contributed by atoms with Crippen molar-refractivity contribution in [3.8, 4) is 23.3 Å². The minimum atomic E-state index is 0.319. The Balaban J connectivity index is 1.66. The molecular formula is C25H27N5O3. The summed E-state index contributed by atoms with van der Waals surface area (Å²) in [4.78, 5) is 25.9. The molecule has 0 radical (unpaired) electrons. The Bertz CT molecular complexity index is 1220. The number of hydrogen-bond acceptors (Lipinski definition) is 7. The first-order chi connectivity index (χ1) is 16.1. The average Bonchev–Trinajstić information content (AvgIpc) is 3.26. The first kappa shape index (κ1) is 22.4. The van der Waals surface area contributed by atoms with E-state index in [0.29, 0.717) is 46.3 Å². The molecule has 33 heavy (non-hydrogen) atoms. The van der Waals surface area contributed by atoms with Gasteiger partial charge in [-0.1, -0.05) is 18.3 Å².